The van der Waals surface area contributed by atoms with Crippen LogP contribution in [0.1, 0.15) is 89.9 Å². The predicted octanol–water partition coefficient (Wildman–Crippen LogP) is 0.126. The first-order valence-corrected chi connectivity index (χ1v) is 28.2. The quantitative estimate of drug-likeness (QED) is 0.0276. The minimum atomic E-state index is -2.53. The van der Waals surface area contributed by atoms with Gasteiger partial charge in [0, 0.05) is 52.2 Å². The van der Waals surface area contributed by atoms with Gasteiger partial charge in [-0.25, -0.2) is 0 Å². The Morgan fingerprint density at radius 1 is 0.768 bits per heavy atom. The van der Waals surface area contributed by atoms with Gasteiger partial charge in [0.25, 0.3) is 0 Å². The van der Waals surface area contributed by atoms with Crippen molar-refractivity contribution in [2.45, 2.75) is 211 Å². The Hall–Kier alpha value is -2.69. The number of rotatable bonds is 24. The standard InChI is InChI=1S/C60H93NO20.Na.H/c1-15-17-19-27-40-59(9,10)55(80-57-47(68)52(74-13)51(36(8)76-57)79-58-53(75-14)46(67)50(73-12)35(7)77-58)54(69)60(71,81-40)37(16-2)56(70)61-30-23-22-25-33(5)48(72-11)34(6)49-45(66)44(65)39(78-49)26-21-18-20-24-31(3)42(63)41-38(62)29-28-32(4)43(41)64;;/h15,17-27,32,34-41,44-55,57-58,62,65-69,71H,16,28-30H2,1-14H3,(H,61,70);;/q;+1;-1/b17-15+,20-18+,23-22+,26-21+,27-19+,31-24+,33-25+;;/t32?,34-,35+,36-,37-,38?,39-,40+,41?,44+,45+,46-,47-,48-,49+,50+,51-,52+,53-,54-,55+,57+,58+,60-;;/m1../s1. The molecule has 4 aliphatic heterocycles. The Balaban J connectivity index is 0.00000903. The van der Waals surface area contributed by atoms with Crippen molar-refractivity contribution >= 4 is 17.5 Å². The van der Waals surface area contributed by atoms with E-state index in [4.69, 9.17) is 47.4 Å². The molecular formula is C60H94NNaO20. The molecule has 21 nitrogen and oxygen atoms in total. The average molecular weight is 1170 g/mol. The summed E-state index contributed by atoms with van der Waals surface area (Å²) in [7, 11) is 5.76. The minimum Gasteiger partial charge on any atom is -1.00 e. The first-order valence-electron chi connectivity index (χ1n) is 28.2. The number of aliphatic hydroxyl groups is 7. The van der Waals surface area contributed by atoms with E-state index in [1.807, 2.05) is 20.8 Å². The van der Waals surface area contributed by atoms with Gasteiger partial charge in [-0.05, 0) is 65.0 Å². The van der Waals surface area contributed by atoms with E-state index in [1.54, 1.807) is 121 Å². The van der Waals surface area contributed by atoms with E-state index in [2.05, 4.69) is 5.32 Å². The van der Waals surface area contributed by atoms with Crippen molar-refractivity contribution in [3.8, 4) is 0 Å². The molecule has 4 saturated heterocycles. The van der Waals surface area contributed by atoms with Crippen LogP contribution >= 0.6 is 0 Å². The van der Waals surface area contributed by atoms with Crippen molar-refractivity contribution in [3.63, 3.8) is 0 Å². The molecule has 5 fully saturated rings. The largest absolute Gasteiger partial charge is 1.00 e. The number of carbonyl (C=O) groups excluding carboxylic acids is 3. The number of ketones is 2. The fourth-order valence-corrected chi connectivity index (χ4v) is 11.8. The van der Waals surface area contributed by atoms with Crippen LogP contribution in [0.2, 0.25) is 0 Å². The van der Waals surface area contributed by atoms with Crippen LogP contribution in [0, 0.1) is 29.1 Å². The van der Waals surface area contributed by atoms with Crippen LogP contribution in [-0.4, -0.2) is 210 Å². The molecule has 24 atom stereocenters. The Morgan fingerprint density at radius 2 is 1.40 bits per heavy atom. The van der Waals surface area contributed by atoms with Gasteiger partial charge < -0.3 is 89.9 Å². The minimum absolute atomic E-state index is 0. The zero-order chi connectivity index (χ0) is 60.3. The molecule has 0 aromatic heterocycles. The smallest absolute Gasteiger partial charge is 1.00 e. The van der Waals surface area contributed by atoms with E-state index < -0.39 is 157 Å². The maximum Gasteiger partial charge on any atom is 1.00 e. The summed E-state index contributed by atoms with van der Waals surface area (Å²) >= 11 is 0. The van der Waals surface area contributed by atoms with Gasteiger partial charge >= 0.3 is 29.6 Å². The van der Waals surface area contributed by atoms with E-state index >= 15 is 0 Å². The molecule has 5 aliphatic rings. The van der Waals surface area contributed by atoms with Gasteiger partial charge in [-0.1, -0.05) is 108 Å². The van der Waals surface area contributed by atoms with Crippen LogP contribution in [0.4, 0.5) is 0 Å². The molecule has 0 spiro atoms. The molecule has 460 valence electrons. The van der Waals surface area contributed by atoms with Crippen LogP contribution in [0.5, 0.6) is 0 Å². The van der Waals surface area contributed by atoms with Gasteiger partial charge in [0.05, 0.1) is 48.6 Å². The number of allylic oxidation sites excluding steroid dienone is 10. The summed E-state index contributed by atoms with van der Waals surface area (Å²) in [5.41, 5.74) is -0.0535. The molecular weight excluding hydrogens is 1080 g/mol. The van der Waals surface area contributed by atoms with Crippen molar-refractivity contribution in [2.24, 2.45) is 29.1 Å². The molecule has 0 radical (unpaired) electrons. The van der Waals surface area contributed by atoms with Crippen LogP contribution < -0.4 is 34.9 Å². The molecule has 82 heavy (non-hydrogen) atoms. The first-order chi connectivity index (χ1) is 38.3. The first kappa shape index (κ1) is 71.8. The Kier molecular flexibility index (Phi) is 28.3. The molecule has 3 unspecified atom stereocenters. The van der Waals surface area contributed by atoms with E-state index in [-0.39, 0.29) is 55.7 Å². The molecule has 1 amide bonds. The number of methoxy groups -OCH3 is 4. The van der Waals surface area contributed by atoms with Crippen molar-refractivity contribution in [3.05, 3.63) is 84.1 Å². The second-order valence-electron chi connectivity index (χ2n) is 22.6. The van der Waals surface area contributed by atoms with Gasteiger partial charge in [-0.3, -0.25) is 14.4 Å². The van der Waals surface area contributed by atoms with E-state index in [0.29, 0.717) is 18.4 Å². The number of hydrogen-bond acceptors (Lipinski definition) is 20. The average Bonchev–Trinajstić information content (AvgIpc) is 3.94. The zero-order valence-corrected chi connectivity index (χ0v) is 52.5. The van der Waals surface area contributed by atoms with Gasteiger partial charge in [-0.2, -0.15) is 0 Å². The van der Waals surface area contributed by atoms with Gasteiger partial charge in [0.2, 0.25) is 11.7 Å². The molecule has 22 heteroatoms. The third-order valence-corrected chi connectivity index (χ3v) is 16.7. The van der Waals surface area contributed by atoms with Crippen LogP contribution in [0.15, 0.2) is 84.1 Å². The molecule has 5 rings (SSSR count). The Labute approximate surface area is 507 Å². The molecule has 4 heterocycles. The number of ether oxygens (including phenoxy) is 10. The van der Waals surface area contributed by atoms with Crippen molar-refractivity contribution in [1.82, 2.24) is 5.32 Å². The second-order valence-corrected chi connectivity index (χ2v) is 22.6. The third kappa shape index (κ3) is 16.3. The van der Waals surface area contributed by atoms with Gasteiger partial charge in [-0.15, -0.1) is 0 Å². The van der Waals surface area contributed by atoms with Crippen molar-refractivity contribution in [1.29, 1.82) is 0 Å². The fourth-order valence-electron chi connectivity index (χ4n) is 11.8. The van der Waals surface area contributed by atoms with Gasteiger partial charge in [0.1, 0.15) is 72.7 Å². The SMILES string of the molecule is C/C=C/C=C/[C@@H]1O[C@](O)([C@H](CC)C(=O)NC/C=C/C=C(\C)[C@@H](OC)[C@@H](C)[C@@H]2O[C@H](/C=C/C=C/C=C(\C)C(=O)C3C(=O)C(C)CCC3O)[C@H](O)[C@@H]2O)[C@H](O)[C@H](O[C@@H]2O[C@H](C)[C@@H](O[C@@H]3O[C@@H](C)[C@H](OC)[C@@H](O)[C@H]3OC)[C@@H](OC)[C@H]2O)C1(C)C.[H-].[Na+]. The molecule has 0 aromatic rings. The summed E-state index contributed by atoms with van der Waals surface area (Å²) in [6.45, 7) is 17.5. The molecule has 8 N–H and O–H groups in total. The Bertz CT molecular complexity index is 2300. The summed E-state index contributed by atoms with van der Waals surface area (Å²) < 4.78 is 60.3. The number of nitrogens with one attached hydrogen (secondary N) is 1. The van der Waals surface area contributed by atoms with Crippen LogP contribution in [-0.2, 0) is 61.8 Å². The monoisotopic (exact) mass is 1170 g/mol. The summed E-state index contributed by atoms with van der Waals surface area (Å²) in [6, 6.07) is 0. The van der Waals surface area contributed by atoms with Crippen LogP contribution in [0.25, 0.3) is 0 Å². The predicted molar refractivity (Wildman–Crippen MR) is 298 cm³/mol. The van der Waals surface area contributed by atoms with E-state index in [1.165, 1.54) is 28.4 Å². The van der Waals surface area contributed by atoms with E-state index in [0.717, 1.165) is 5.57 Å². The number of carbonyl (C=O) groups is 3. The maximum atomic E-state index is 14.1. The van der Waals surface area contributed by atoms with Crippen LogP contribution in [0.3, 0.4) is 0 Å². The third-order valence-electron chi connectivity index (χ3n) is 16.7. The normalized spacial score (nSPS) is 39.8. The van der Waals surface area contributed by atoms with Crippen molar-refractivity contribution in [2.75, 3.05) is 35.0 Å². The molecule has 1 saturated carbocycles. The van der Waals surface area contributed by atoms with Gasteiger partial charge in [0.15, 0.2) is 18.4 Å². The topological polar surface area (TPSA) is 297 Å². The number of aliphatic hydroxyl groups excluding tert-OH is 6. The number of amides is 1. The summed E-state index contributed by atoms with van der Waals surface area (Å²) in [6.07, 6.45) is 0.840. The maximum absolute atomic E-state index is 14.1. The second kappa shape index (κ2) is 32.3. The zero-order valence-electron chi connectivity index (χ0n) is 51.5. The fraction of sp³-hybridized carbons (Fsp3) is 0.717. The molecule has 0 aromatic carbocycles. The van der Waals surface area contributed by atoms with Crippen molar-refractivity contribution < 1.29 is 128 Å². The Morgan fingerprint density at radius 3 is 2.02 bits per heavy atom. The number of Topliss-reactive ketones (excluding diaryl/α,β-unsaturated/α-hetero) is 2. The number of hydrogen-bond donors (Lipinski definition) is 8. The molecule has 1 aliphatic carbocycles. The summed E-state index contributed by atoms with van der Waals surface area (Å²) in [5, 5.41) is 82.9. The summed E-state index contributed by atoms with van der Waals surface area (Å²) in [5.74, 6) is -6.96. The molecule has 0 bridgehead atoms. The summed E-state index contributed by atoms with van der Waals surface area (Å²) in [4.78, 5) is 39.7. The van der Waals surface area contributed by atoms with E-state index in [9.17, 15) is 50.1 Å².